The summed E-state index contributed by atoms with van der Waals surface area (Å²) in [6.07, 6.45) is 1.12. The Morgan fingerprint density at radius 1 is 0.962 bits per heavy atom. The van der Waals surface area contributed by atoms with E-state index in [1.807, 2.05) is 24.3 Å². The van der Waals surface area contributed by atoms with Crippen LogP contribution in [0.15, 0.2) is 59.8 Å². The van der Waals surface area contributed by atoms with Gasteiger partial charge in [-0.1, -0.05) is 41.9 Å². The van der Waals surface area contributed by atoms with E-state index in [0.717, 1.165) is 11.1 Å². The molecule has 1 aliphatic carbocycles. The van der Waals surface area contributed by atoms with Crippen LogP contribution in [0.2, 0.25) is 5.02 Å². The van der Waals surface area contributed by atoms with Gasteiger partial charge in [0.05, 0.1) is 0 Å². The second kappa shape index (κ2) is 6.69. The molecule has 0 unspecified atom stereocenters. The molecule has 0 radical (unpaired) electrons. The molecule has 1 N–H and O–H groups in total. The van der Waals surface area contributed by atoms with Crippen molar-refractivity contribution in [2.45, 2.75) is 31.1 Å². The Morgan fingerprint density at radius 3 is 2.42 bits per heavy atom. The second-order valence-corrected chi connectivity index (χ2v) is 7.21. The van der Waals surface area contributed by atoms with Crippen LogP contribution in [0, 0.1) is 5.82 Å². The fourth-order valence-electron chi connectivity index (χ4n) is 3.97. The molecule has 2 aromatic rings. The quantitative estimate of drug-likeness (QED) is 0.848. The van der Waals surface area contributed by atoms with Crippen LogP contribution >= 0.6 is 11.6 Å². The van der Waals surface area contributed by atoms with Crippen molar-refractivity contribution in [1.29, 1.82) is 0 Å². The Balaban J connectivity index is 1.73. The van der Waals surface area contributed by atoms with Gasteiger partial charge in [-0.25, -0.2) is 4.39 Å². The van der Waals surface area contributed by atoms with Crippen LogP contribution in [0.4, 0.5) is 4.39 Å². The van der Waals surface area contributed by atoms with Crippen molar-refractivity contribution in [2.75, 3.05) is 0 Å². The van der Waals surface area contributed by atoms with Crippen molar-refractivity contribution < 1.29 is 14.0 Å². The summed E-state index contributed by atoms with van der Waals surface area (Å²) >= 11 is 6.30. The van der Waals surface area contributed by atoms with Gasteiger partial charge in [0.1, 0.15) is 5.82 Å². The fraction of sp³-hybridized carbons (Fsp3) is 0.238. The minimum absolute atomic E-state index is 0.0190. The lowest BCUT2D eigenvalue weighted by molar-refractivity contribution is -0.122. The van der Waals surface area contributed by atoms with Gasteiger partial charge in [-0.15, -0.1) is 0 Å². The number of hydrogen-bond acceptors (Lipinski definition) is 2. The molecule has 4 rings (SSSR count). The standard InChI is InChI=1S/C21H17ClFNO2/c22-17-4-2-1-3-15(17)13-9-18-21(19(25)10-13)16(11-20(26)24-18)12-5-7-14(23)8-6-12/h1-8,13,16H,9-11H2,(H,24,26)/t13-,16-/m0/s1. The number of rotatable bonds is 2. The topological polar surface area (TPSA) is 46.2 Å². The number of amides is 1. The summed E-state index contributed by atoms with van der Waals surface area (Å²) < 4.78 is 13.2. The highest BCUT2D eigenvalue weighted by Crippen LogP contribution is 2.43. The van der Waals surface area contributed by atoms with Gasteiger partial charge in [0.2, 0.25) is 5.91 Å². The molecule has 2 aliphatic rings. The first-order chi connectivity index (χ1) is 12.5. The number of hydrogen-bond donors (Lipinski definition) is 1. The van der Waals surface area contributed by atoms with Gasteiger partial charge in [-0.05, 0) is 41.7 Å². The molecule has 1 heterocycles. The predicted molar refractivity (Wildman–Crippen MR) is 97.4 cm³/mol. The Hall–Kier alpha value is -2.46. The number of ketones is 1. The van der Waals surface area contributed by atoms with E-state index in [1.54, 1.807) is 12.1 Å². The second-order valence-electron chi connectivity index (χ2n) is 6.80. The first-order valence-corrected chi connectivity index (χ1v) is 8.96. The monoisotopic (exact) mass is 369 g/mol. The van der Waals surface area contributed by atoms with E-state index < -0.39 is 0 Å². The van der Waals surface area contributed by atoms with Crippen LogP contribution in [0.5, 0.6) is 0 Å². The Bertz CT molecular complexity index is 920. The van der Waals surface area contributed by atoms with E-state index in [2.05, 4.69) is 5.32 Å². The fourth-order valence-corrected chi connectivity index (χ4v) is 4.26. The van der Waals surface area contributed by atoms with Gasteiger partial charge >= 0.3 is 0 Å². The highest BCUT2D eigenvalue weighted by atomic mass is 35.5. The van der Waals surface area contributed by atoms with Gasteiger partial charge in [-0.2, -0.15) is 0 Å². The van der Waals surface area contributed by atoms with Crippen molar-refractivity contribution in [3.8, 4) is 0 Å². The number of benzene rings is 2. The van der Waals surface area contributed by atoms with Crippen molar-refractivity contribution in [3.63, 3.8) is 0 Å². The lowest BCUT2D eigenvalue weighted by Gasteiger charge is -2.34. The number of halogens is 2. The average molecular weight is 370 g/mol. The summed E-state index contributed by atoms with van der Waals surface area (Å²) in [4.78, 5) is 25.2. The normalized spacial score (nSPS) is 22.8. The molecule has 5 heteroatoms. The number of carbonyl (C=O) groups is 2. The molecule has 0 saturated heterocycles. The van der Waals surface area contributed by atoms with Crippen molar-refractivity contribution in [2.24, 2.45) is 0 Å². The molecule has 0 spiro atoms. The third-order valence-corrected chi connectivity index (χ3v) is 5.50. The molecule has 0 bridgehead atoms. The van der Waals surface area contributed by atoms with Crippen molar-refractivity contribution in [1.82, 2.24) is 5.32 Å². The Labute approximate surface area is 155 Å². The summed E-state index contributed by atoms with van der Waals surface area (Å²) in [5.74, 6) is -0.811. The molecule has 2 aromatic carbocycles. The predicted octanol–water partition coefficient (Wildman–Crippen LogP) is 4.48. The maximum atomic E-state index is 13.2. The van der Waals surface area contributed by atoms with Gasteiger partial charge in [-0.3, -0.25) is 9.59 Å². The molecule has 0 fully saturated rings. The molecule has 3 nitrogen and oxygen atoms in total. The summed E-state index contributed by atoms with van der Waals surface area (Å²) in [7, 11) is 0. The molecule has 1 amide bonds. The van der Waals surface area contributed by atoms with Crippen molar-refractivity contribution in [3.05, 3.63) is 81.8 Å². The third-order valence-electron chi connectivity index (χ3n) is 5.15. The SMILES string of the molecule is O=C1C[C@@H](c2ccc(F)cc2)C2=C(C[C@H](c3ccccc3Cl)CC2=O)N1. The van der Waals surface area contributed by atoms with Crippen LogP contribution in [-0.2, 0) is 9.59 Å². The number of allylic oxidation sites excluding steroid dienone is 2. The minimum atomic E-state index is -0.336. The molecular weight excluding hydrogens is 353 g/mol. The maximum Gasteiger partial charge on any atom is 0.225 e. The van der Waals surface area contributed by atoms with Crippen molar-refractivity contribution >= 4 is 23.3 Å². The number of carbonyl (C=O) groups excluding carboxylic acids is 2. The summed E-state index contributed by atoms with van der Waals surface area (Å²) in [6.45, 7) is 0. The summed E-state index contributed by atoms with van der Waals surface area (Å²) in [5.41, 5.74) is 3.04. The molecule has 2 atom stereocenters. The summed E-state index contributed by atoms with van der Waals surface area (Å²) in [6, 6.07) is 13.5. The molecular formula is C21H17ClFNO2. The zero-order valence-electron chi connectivity index (χ0n) is 14.0. The van der Waals surface area contributed by atoms with Crippen LogP contribution in [0.25, 0.3) is 0 Å². The molecule has 132 valence electrons. The lowest BCUT2D eigenvalue weighted by Crippen LogP contribution is -2.38. The zero-order valence-corrected chi connectivity index (χ0v) is 14.7. The van der Waals surface area contributed by atoms with Gasteiger partial charge < -0.3 is 5.32 Å². The molecule has 26 heavy (non-hydrogen) atoms. The molecule has 0 saturated carbocycles. The largest absolute Gasteiger partial charge is 0.329 e. The number of nitrogens with one attached hydrogen (secondary N) is 1. The third kappa shape index (κ3) is 3.06. The van der Waals surface area contributed by atoms with Gasteiger partial charge in [0, 0.05) is 35.1 Å². The Kier molecular flexibility index (Phi) is 4.37. The van der Waals surface area contributed by atoms with E-state index in [0.29, 0.717) is 29.1 Å². The minimum Gasteiger partial charge on any atom is -0.329 e. The lowest BCUT2D eigenvalue weighted by atomic mass is 9.73. The first kappa shape index (κ1) is 17.0. The van der Waals surface area contributed by atoms with E-state index in [9.17, 15) is 14.0 Å². The van der Waals surface area contributed by atoms with Crippen LogP contribution in [-0.4, -0.2) is 11.7 Å². The highest BCUT2D eigenvalue weighted by Gasteiger charge is 2.38. The van der Waals surface area contributed by atoms with E-state index >= 15 is 0 Å². The molecule has 0 aromatic heterocycles. The van der Waals surface area contributed by atoms with Crippen LogP contribution in [0.3, 0.4) is 0 Å². The maximum absolute atomic E-state index is 13.2. The smallest absolute Gasteiger partial charge is 0.225 e. The number of Topliss-reactive ketones (excluding diaryl/α,β-unsaturated/α-hetero) is 1. The summed E-state index contributed by atoms with van der Waals surface area (Å²) in [5, 5.41) is 3.51. The first-order valence-electron chi connectivity index (χ1n) is 8.59. The van der Waals surface area contributed by atoms with Crippen LogP contribution < -0.4 is 5.32 Å². The highest BCUT2D eigenvalue weighted by molar-refractivity contribution is 6.31. The van der Waals surface area contributed by atoms with E-state index in [-0.39, 0.29) is 35.8 Å². The van der Waals surface area contributed by atoms with Crippen LogP contribution in [0.1, 0.15) is 42.2 Å². The van der Waals surface area contributed by atoms with Gasteiger partial charge in [0.25, 0.3) is 0 Å². The zero-order chi connectivity index (χ0) is 18.3. The average Bonchev–Trinajstić information content (AvgIpc) is 2.61. The molecule has 1 aliphatic heterocycles. The van der Waals surface area contributed by atoms with E-state index in [1.165, 1.54) is 12.1 Å². The Morgan fingerprint density at radius 2 is 1.69 bits per heavy atom. The van der Waals surface area contributed by atoms with E-state index in [4.69, 9.17) is 11.6 Å². The van der Waals surface area contributed by atoms with Gasteiger partial charge in [0.15, 0.2) is 5.78 Å².